The summed E-state index contributed by atoms with van der Waals surface area (Å²) in [6.07, 6.45) is 0. The summed E-state index contributed by atoms with van der Waals surface area (Å²) in [7, 11) is 0. The van der Waals surface area contributed by atoms with Gasteiger partial charge in [0.1, 0.15) is 0 Å². The van der Waals surface area contributed by atoms with Gasteiger partial charge in [0.15, 0.2) is 0 Å². The van der Waals surface area contributed by atoms with E-state index in [1.54, 1.807) is 0 Å². The maximum absolute atomic E-state index is 10.9. The Labute approximate surface area is 116 Å². The van der Waals surface area contributed by atoms with Crippen molar-refractivity contribution < 1.29 is 0 Å². The van der Waals surface area contributed by atoms with E-state index in [9.17, 15) is 4.79 Å². The fourth-order valence-electron chi connectivity index (χ4n) is 1.41. The Hall–Kier alpha value is -0.620. The third kappa shape index (κ3) is 3.67. The van der Waals surface area contributed by atoms with Gasteiger partial charge in [-0.25, -0.2) is 0 Å². The second-order valence-electron chi connectivity index (χ2n) is 3.51. The van der Waals surface area contributed by atoms with Crippen LogP contribution in [0.2, 0.25) is 5.02 Å². The zero-order valence-corrected chi connectivity index (χ0v) is 12.0. The molecule has 0 saturated carbocycles. The average molecular weight is 334 g/mol. The maximum Gasteiger partial charge on any atom is 0.304 e. The molecule has 0 aliphatic heterocycles. The van der Waals surface area contributed by atoms with Crippen LogP contribution in [0.15, 0.2) is 32.8 Å². The number of thiazole rings is 1. The van der Waals surface area contributed by atoms with Gasteiger partial charge in [0, 0.05) is 33.7 Å². The molecule has 1 aromatic heterocycles. The van der Waals surface area contributed by atoms with E-state index in [4.69, 9.17) is 11.6 Å². The smallest absolute Gasteiger partial charge is 0.304 e. The fourth-order valence-corrected chi connectivity index (χ4v) is 2.59. The molecule has 6 heteroatoms. The van der Waals surface area contributed by atoms with Gasteiger partial charge >= 0.3 is 4.87 Å². The van der Waals surface area contributed by atoms with E-state index in [-0.39, 0.29) is 4.87 Å². The highest BCUT2D eigenvalue weighted by Crippen LogP contribution is 2.20. The van der Waals surface area contributed by atoms with Crippen molar-refractivity contribution in [2.75, 3.05) is 0 Å². The lowest BCUT2D eigenvalue weighted by atomic mass is 10.2. The van der Waals surface area contributed by atoms with Crippen LogP contribution in [-0.4, -0.2) is 4.98 Å². The first-order chi connectivity index (χ1) is 8.15. The third-order valence-corrected chi connectivity index (χ3v) is 3.79. The number of aromatic amines is 1. The van der Waals surface area contributed by atoms with Crippen LogP contribution in [-0.2, 0) is 13.1 Å². The summed E-state index contributed by atoms with van der Waals surface area (Å²) in [5, 5.41) is 5.78. The van der Waals surface area contributed by atoms with Crippen molar-refractivity contribution >= 4 is 38.9 Å². The first-order valence-electron chi connectivity index (χ1n) is 4.96. The van der Waals surface area contributed by atoms with Gasteiger partial charge in [-0.05, 0) is 23.8 Å². The monoisotopic (exact) mass is 332 g/mol. The number of hydrogen-bond donors (Lipinski definition) is 2. The van der Waals surface area contributed by atoms with Gasteiger partial charge in [-0.3, -0.25) is 4.79 Å². The van der Waals surface area contributed by atoms with Crippen molar-refractivity contribution in [2.45, 2.75) is 13.1 Å². The van der Waals surface area contributed by atoms with E-state index in [0.29, 0.717) is 13.1 Å². The molecule has 0 spiro atoms. The molecule has 0 atom stereocenters. The predicted octanol–water partition coefficient (Wildman–Crippen LogP) is 3.14. The molecule has 2 aromatic rings. The molecule has 2 N–H and O–H groups in total. The molecule has 0 aliphatic rings. The van der Waals surface area contributed by atoms with E-state index in [1.807, 2.05) is 23.6 Å². The molecule has 2 rings (SSSR count). The Bertz CT molecular complexity index is 567. The van der Waals surface area contributed by atoms with E-state index in [0.717, 1.165) is 20.8 Å². The summed E-state index contributed by atoms with van der Waals surface area (Å²) in [5.41, 5.74) is 1.92. The minimum Gasteiger partial charge on any atom is -0.315 e. The molecule has 0 bridgehead atoms. The molecule has 0 amide bonds. The number of hydrogen-bond acceptors (Lipinski definition) is 3. The summed E-state index contributed by atoms with van der Waals surface area (Å²) in [5.74, 6) is 0. The van der Waals surface area contributed by atoms with Gasteiger partial charge in [0.05, 0.1) is 0 Å². The minimum atomic E-state index is -0.0257. The average Bonchev–Trinajstić information content (AvgIpc) is 2.69. The first kappa shape index (κ1) is 12.8. The summed E-state index contributed by atoms with van der Waals surface area (Å²) < 4.78 is 1.00. The number of H-pyrrole nitrogens is 1. The fraction of sp³-hybridized carbons (Fsp3) is 0.182. The highest BCUT2D eigenvalue weighted by Gasteiger charge is 2.01. The van der Waals surface area contributed by atoms with Crippen LogP contribution in [0.5, 0.6) is 0 Å². The minimum absolute atomic E-state index is 0.0257. The SMILES string of the molecule is O=c1[nH]c(CNCc2cc(Br)ccc2Cl)cs1. The maximum atomic E-state index is 10.9. The number of benzene rings is 1. The van der Waals surface area contributed by atoms with E-state index >= 15 is 0 Å². The Morgan fingerprint density at radius 1 is 1.41 bits per heavy atom. The Morgan fingerprint density at radius 2 is 2.24 bits per heavy atom. The van der Waals surface area contributed by atoms with Crippen LogP contribution in [0.25, 0.3) is 0 Å². The van der Waals surface area contributed by atoms with Crippen molar-refractivity contribution in [1.82, 2.24) is 10.3 Å². The van der Waals surface area contributed by atoms with Crippen LogP contribution in [0, 0.1) is 0 Å². The Kier molecular flexibility index (Phi) is 4.39. The van der Waals surface area contributed by atoms with Crippen LogP contribution in [0.4, 0.5) is 0 Å². The first-order valence-corrected chi connectivity index (χ1v) is 7.01. The van der Waals surface area contributed by atoms with Crippen molar-refractivity contribution in [3.05, 3.63) is 54.0 Å². The van der Waals surface area contributed by atoms with E-state index < -0.39 is 0 Å². The topological polar surface area (TPSA) is 44.9 Å². The molecule has 17 heavy (non-hydrogen) atoms. The molecule has 0 saturated heterocycles. The predicted molar refractivity (Wildman–Crippen MR) is 74.6 cm³/mol. The highest BCUT2D eigenvalue weighted by atomic mass is 79.9. The Balaban J connectivity index is 1.94. The van der Waals surface area contributed by atoms with Crippen molar-refractivity contribution in [3.63, 3.8) is 0 Å². The number of nitrogens with one attached hydrogen (secondary N) is 2. The summed E-state index contributed by atoms with van der Waals surface area (Å²) in [6.45, 7) is 1.29. The van der Waals surface area contributed by atoms with Gasteiger partial charge in [-0.2, -0.15) is 0 Å². The van der Waals surface area contributed by atoms with Gasteiger partial charge in [-0.15, -0.1) is 0 Å². The van der Waals surface area contributed by atoms with Crippen molar-refractivity contribution in [2.24, 2.45) is 0 Å². The summed E-state index contributed by atoms with van der Waals surface area (Å²) >= 11 is 10.6. The summed E-state index contributed by atoms with van der Waals surface area (Å²) in [4.78, 5) is 13.7. The van der Waals surface area contributed by atoms with Crippen LogP contribution < -0.4 is 10.2 Å². The lowest BCUT2D eigenvalue weighted by molar-refractivity contribution is 0.681. The lowest BCUT2D eigenvalue weighted by Gasteiger charge is -2.06. The zero-order valence-electron chi connectivity index (χ0n) is 8.80. The molecular formula is C11H10BrClN2OS. The standard InChI is InChI=1S/C11H10BrClN2OS/c12-8-1-2-10(13)7(3-8)4-14-5-9-6-17-11(16)15-9/h1-3,6,14H,4-5H2,(H,15,16). The van der Waals surface area contributed by atoms with E-state index in [2.05, 4.69) is 26.2 Å². The van der Waals surface area contributed by atoms with Gasteiger partial charge in [0.25, 0.3) is 0 Å². The van der Waals surface area contributed by atoms with Crippen molar-refractivity contribution in [1.29, 1.82) is 0 Å². The molecule has 90 valence electrons. The number of rotatable bonds is 4. The molecule has 3 nitrogen and oxygen atoms in total. The lowest BCUT2D eigenvalue weighted by Crippen LogP contribution is -2.14. The molecular weight excluding hydrogens is 324 g/mol. The molecule has 0 unspecified atom stereocenters. The van der Waals surface area contributed by atoms with Gasteiger partial charge in [0.2, 0.25) is 0 Å². The van der Waals surface area contributed by atoms with Crippen LogP contribution >= 0.6 is 38.9 Å². The van der Waals surface area contributed by atoms with Gasteiger partial charge < -0.3 is 10.3 Å². The van der Waals surface area contributed by atoms with Gasteiger partial charge in [-0.1, -0.05) is 38.9 Å². The zero-order chi connectivity index (χ0) is 12.3. The third-order valence-electron chi connectivity index (χ3n) is 2.21. The molecule has 0 aliphatic carbocycles. The number of halogens is 2. The molecule has 1 heterocycles. The second kappa shape index (κ2) is 5.82. The largest absolute Gasteiger partial charge is 0.315 e. The van der Waals surface area contributed by atoms with Crippen LogP contribution in [0.1, 0.15) is 11.3 Å². The normalized spacial score (nSPS) is 10.7. The van der Waals surface area contributed by atoms with Crippen LogP contribution in [0.3, 0.4) is 0 Å². The second-order valence-corrected chi connectivity index (χ2v) is 5.68. The molecule has 0 radical (unpaired) electrons. The van der Waals surface area contributed by atoms with Crippen molar-refractivity contribution in [3.8, 4) is 0 Å². The Morgan fingerprint density at radius 3 is 2.94 bits per heavy atom. The number of aromatic nitrogens is 1. The molecule has 1 aromatic carbocycles. The quantitative estimate of drug-likeness (QED) is 0.903. The molecule has 0 fully saturated rings. The van der Waals surface area contributed by atoms with E-state index in [1.165, 1.54) is 11.3 Å². The summed E-state index contributed by atoms with van der Waals surface area (Å²) in [6, 6.07) is 5.74. The highest BCUT2D eigenvalue weighted by molar-refractivity contribution is 9.10.